The van der Waals surface area contributed by atoms with E-state index in [2.05, 4.69) is 15.4 Å². The van der Waals surface area contributed by atoms with Crippen LogP contribution in [-0.4, -0.2) is 26.3 Å². The summed E-state index contributed by atoms with van der Waals surface area (Å²) in [5, 5.41) is 9.03. The first kappa shape index (κ1) is 17.1. The minimum absolute atomic E-state index is 0.0594. The number of amides is 1. The number of rotatable bonds is 6. The zero-order valence-electron chi connectivity index (χ0n) is 14.3. The molecule has 0 aliphatic heterocycles. The van der Waals surface area contributed by atoms with E-state index in [-0.39, 0.29) is 30.5 Å². The number of hydrogen-bond donors (Lipinski definition) is 1. The van der Waals surface area contributed by atoms with Crippen molar-refractivity contribution in [1.29, 1.82) is 0 Å². The fourth-order valence-electron chi connectivity index (χ4n) is 2.72. The second-order valence-corrected chi connectivity index (χ2v) is 6.79. The maximum absolute atomic E-state index is 12.2. The third-order valence-corrected chi connectivity index (χ3v) is 4.89. The number of nitrogens with zero attached hydrogens (tertiary/aromatic N) is 3. The van der Waals surface area contributed by atoms with Crippen molar-refractivity contribution in [3.63, 3.8) is 0 Å². The van der Waals surface area contributed by atoms with Crippen molar-refractivity contribution in [3.8, 4) is 11.3 Å². The molecule has 4 rings (SSSR count). The number of carbonyl (C=O) groups is 2. The van der Waals surface area contributed by atoms with E-state index in [0.717, 1.165) is 11.3 Å². The molecule has 0 aliphatic carbocycles. The SMILES string of the molecule is O=C(CCC(=O)c1ccccc1)Nc1nc2scc(-c3ccccc3)n2n1. The number of fused-ring (bicyclic) bond motifs is 1. The number of thiazole rings is 1. The lowest BCUT2D eigenvalue weighted by Crippen LogP contribution is -2.14. The molecule has 2 aromatic carbocycles. The number of benzene rings is 2. The molecule has 6 nitrogen and oxygen atoms in total. The van der Waals surface area contributed by atoms with Gasteiger partial charge in [-0.15, -0.1) is 16.4 Å². The van der Waals surface area contributed by atoms with Crippen LogP contribution >= 0.6 is 11.3 Å². The summed E-state index contributed by atoms with van der Waals surface area (Å²) in [5.74, 6) is -0.0918. The second-order valence-electron chi connectivity index (χ2n) is 5.95. The van der Waals surface area contributed by atoms with E-state index in [1.165, 1.54) is 11.3 Å². The highest BCUT2D eigenvalue weighted by atomic mass is 32.1. The van der Waals surface area contributed by atoms with E-state index >= 15 is 0 Å². The largest absolute Gasteiger partial charge is 0.294 e. The Bertz CT molecular complexity index is 1090. The van der Waals surface area contributed by atoms with Crippen LogP contribution in [0.3, 0.4) is 0 Å². The van der Waals surface area contributed by atoms with E-state index < -0.39 is 0 Å². The topological polar surface area (TPSA) is 76.4 Å². The second kappa shape index (κ2) is 7.51. The summed E-state index contributed by atoms with van der Waals surface area (Å²) in [7, 11) is 0. The Balaban J connectivity index is 1.42. The Morgan fingerprint density at radius 1 is 0.963 bits per heavy atom. The number of anilines is 1. The summed E-state index contributed by atoms with van der Waals surface area (Å²) in [6.45, 7) is 0. The number of carbonyl (C=O) groups excluding carboxylic acids is 2. The summed E-state index contributed by atoms with van der Waals surface area (Å²) in [6.07, 6.45) is 0.236. The van der Waals surface area contributed by atoms with Gasteiger partial charge >= 0.3 is 0 Å². The Morgan fingerprint density at radius 2 is 1.67 bits per heavy atom. The van der Waals surface area contributed by atoms with E-state index in [0.29, 0.717) is 10.5 Å². The molecule has 0 radical (unpaired) electrons. The first-order chi connectivity index (χ1) is 13.2. The Labute approximate surface area is 159 Å². The highest BCUT2D eigenvalue weighted by Crippen LogP contribution is 2.25. The van der Waals surface area contributed by atoms with Gasteiger partial charge in [-0.25, -0.2) is 4.52 Å². The minimum atomic E-state index is -0.279. The summed E-state index contributed by atoms with van der Waals surface area (Å²) in [6, 6.07) is 18.8. The van der Waals surface area contributed by atoms with Gasteiger partial charge in [-0.2, -0.15) is 4.98 Å². The van der Waals surface area contributed by atoms with Crippen LogP contribution in [0.5, 0.6) is 0 Å². The van der Waals surface area contributed by atoms with Crippen LogP contribution in [0.2, 0.25) is 0 Å². The molecule has 7 heteroatoms. The van der Waals surface area contributed by atoms with Gasteiger partial charge in [0.2, 0.25) is 16.8 Å². The smallest absolute Gasteiger partial charge is 0.250 e. The van der Waals surface area contributed by atoms with E-state index in [4.69, 9.17) is 0 Å². The van der Waals surface area contributed by atoms with Crippen molar-refractivity contribution >= 4 is 33.9 Å². The quantitative estimate of drug-likeness (QED) is 0.515. The maximum atomic E-state index is 12.2. The molecule has 0 unspecified atom stereocenters. The van der Waals surface area contributed by atoms with Crippen molar-refractivity contribution in [3.05, 3.63) is 71.6 Å². The predicted octanol–water partition coefficient (Wildman–Crippen LogP) is 4.06. The standard InChI is InChI=1S/C20H16N4O2S/c25-17(15-9-5-2-6-10-15)11-12-18(26)21-19-22-20-24(23-19)16(13-27-20)14-7-3-1-4-8-14/h1-10,13H,11-12H2,(H,21,23,26). The molecule has 0 atom stereocenters. The molecule has 0 fully saturated rings. The van der Waals surface area contributed by atoms with Gasteiger partial charge in [0.15, 0.2) is 5.78 Å². The van der Waals surface area contributed by atoms with Gasteiger partial charge in [0, 0.05) is 29.3 Å². The van der Waals surface area contributed by atoms with Crippen molar-refractivity contribution < 1.29 is 9.59 Å². The summed E-state index contributed by atoms with van der Waals surface area (Å²) in [4.78, 5) is 29.3. The van der Waals surface area contributed by atoms with Crippen molar-refractivity contribution in [2.24, 2.45) is 0 Å². The van der Waals surface area contributed by atoms with Crippen LogP contribution in [0.25, 0.3) is 16.2 Å². The number of nitrogens with one attached hydrogen (secondary N) is 1. The molecule has 27 heavy (non-hydrogen) atoms. The fourth-order valence-corrected chi connectivity index (χ4v) is 3.56. The zero-order chi connectivity index (χ0) is 18.6. The highest BCUT2D eigenvalue weighted by Gasteiger charge is 2.14. The molecule has 0 spiro atoms. The van der Waals surface area contributed by atoms with Crippen molar-refractivity contribution in [2.45, 2.75) is 12.8 Å². The van der Waals surface area contributed by atoms with Gasteiger partial charge in [0.1, 0.15) is 0 Å². The third kappa shape index (κ3) is 3.78. The summed E-state index contributed by atoms with van der Waals surface area (Å²) >= 11 is 1.46. The van der Waals surface area contributed by atoms with E-state index in [9.17, 15) is 9.59 Å². The lowest BCUT2D eigenvalue weighted by atomic mass is 10.1. The van der Waals surface area contributed by atoms with Crippen LogP contribution in [0.1, 0.15) is 23.2 Å². The molecule has 0 saturated heterocycles. The molecule has 2 aromatic heterocycles. The van der Waals surface area contributed by atoms with Crippen LogP contribution in [0.15, 0.2) is 66.0 Å². The molecule has 2 heterocycles. The first-order valence-electron chi connectivity index (χ1n) is 8.48. The minimum Gasteiger partial charge on any atom is -0.294 e. The van der Waals surface area contributed by atoms with Gasteiger partial charge in [-0.3, -0.25) is 14.9 Å². The van der Waals surface area contributed by atoms with Crippen molar-refractivity contribution in [1.82, 2.24) is 14.6 Å². The molecule has 0 saturated carbocycles. The Hall–Kier alpha value is -3.32. The van der Waals surface area contributed by atoms with E-state index in [1.54, 1.807) is 28.8 Å². The molecule has 4 aromatic rings. The molecular formula is C20H16N4O2S. The van der Waals surface area contributed by atoms with E-state index in [1.807, 2.05) is 41.8 Å². The number of ketones is 1. The highest BCUT2D eigenvalue weighted by molar-refractivity contribution is 7.15. The molecule has 0 aliphatic rings. The molecule has 1 amide bonds. The monoisotopic (exact) mass is 376 g/mol. The lowest BCUT2D eigenvalue weighted by molar-refractivity contribution is -0.116. The van der Waals surface area contributed by atoms with Crippen LogP contribution in [0.4, 0.5) is 5.95 Å². The normalized spacial score (nSPS) is 10.8. The maximum Gasteiger partial charge on any atom is 0.250 e. The molecule has 1 N–H and O–H groups in total. The van der Waals surface area contributed by atoms with Crippen molar-refractivity contribution in [2.75, 3.05) is 5.32 Å². The third-order valence-electron chi connectivity index (χ3n) is 4.08. The Morgan fingerprint density at radius 3 is 2.41 bits per heavy atom. The van der Waals surface area contributed by atoms with Crippen LogP contribution < -0.4 is 5.32 Å². The fraction of sp³-hybridized carbons (Fsp3) is 0.100. The average molecular weight is 376 g/mol. The predicted molar refractivity (Wildman–Crippen MR) is 105 cm³/mol. The van der Waals surface area contributed by atoms with Crippen LogP contribution in [0, 0.1) is 0 Å². The lowest BCUT2D eigenvalue weighted by Gasteiger charge is -2.01. The number of aromatic nitrogens is 3. The number of hydrogen-bond acceptors (Lipinski definition) is 5. The number of Topliss-reactive ketones (excluding diaryl/α,β-unsaturated/α-hetero) is 1. The zero-order valence-corrected chi connectivity index (χ0v) is 15.1. The molecule has 134 valence electrons. The summed E-state index contributed by atoms with van der Waals surface area (Å²) in [5.41, 5.74) is 2.56. The van der Waals surface area contributed by atoms with Gasteiger partial charge in [0.05, 0.1) is 5.69 Å². The molecular weight excluding hydrogens is 360 g/mol. The summed E-state index contributed by atoms with van der Waals surface area (Å²) < 4.78 is 1.71. The van der Waals surface area contributed by atoms with Gasteiger partial charge in [0.25, 0.3) is 0 Å². The molecule has 0 bridgehead atoms. The van der Waals surface area contributed by atoms with Gasteiger partial charge in [-0.05, 0) is 0 Å². The Kier molecular flexibility index (Phi) is 4.76. The van der Waals surface area contributed by atoms with Gasteiger partial charge in [-0.1, -0.05) is 60.7 Å². The first-order valence-corrected chi connectivity index (χ1v) is 9.36. The van der Waals surface area contributed by atoms with Crippen LogP contribution in [-0.2, 0) is 4.79 Å². The average Bonchev–Trinajstić information content (AvgIpc) is 3.27. The van der Waals surface area contributed by atoms with Gasteiger partial charge < -0.3 is 0 Å².